The van der Waals surface area contributed by atoms with Crippen LogP contribution in [-0.2, 0) is 33.8 Å². The lowest BCUT2D eigenvalue weighted by Gasteiger charge is -2.44. The van der Waals surface area contributed by atoms with Crippen LogP contribution in [-0.4, -0.2) is 71.4 Å². The van der Waals surface area contributed by atoms with Crippen molar-refractivity contribution in [2.45, 2.75) is 63.2 Å². The molecule has 9 heteroatoms. The van der Waals surface area contributed by atoms with Crippen LogP contribution in [0.5, 0.6) is 0 Å². The third-order valence-electron chi connectivity index (χ3n) is 9.34. The molecule has 3 aliphatic heterocycles. The topological polar surface area (TPSA) is 85.0 Å². The van der Waals surface area contributed by atoms with E-state index in [4.69, 9.17) is 11.6 Å². The number of halogens is 1. The highest BCUT2D eigenvalue weighted by atomic mass is 35.5. The normalized spacial score (nSPS) is 20.0. The van der Waals surface area contributed by atoms with Gasteiger partial charge in [0.25, 0.3) is 0 Å². The maximum absolute atomic E-state index is 14.1. The number of nitrogens with zero attached hydrogens (tertiary/aromatic N) is 3. The first-order valence-electron chi connectivity index (χ1n) is 15.6. The summed E-state index contributed by atoms with van der Waals surface area (Å²) in [6.45, 7) is 4.84. The van der Waals surface area contributed by atoms with Crippen LogP contribution < -0.4 is 15.5 Å². The molecule has 0 radical (unpaired) electrons. The fraction of sp³-hybridized carbons (Fsp3) is 0.400. The second-order valence-corrected chi connectivity index (χ2v) is 12.6. The van der Waals surface area contributed by atoms with Crippen molar-refractivity contribution < 1.29 is 14.4 Å². The van der Waals surface area contributed by atoms with Crippen molar-refractivity contribution in [2.24, 2.45) is 0 Å². The Morgan fingerprint density at radius 3 is 2.36 bits per heavy atom. The Hall–Kier alpha value is -3.88. The largest absolute Gasteiger partial charge is 0.343 e. The van der Waals surface area contributed by atoms with E-state index in [9.17, 15) is 14.4 Å². The number of rotatable bonds is 8. The second kappa shape index (κ2) is 13.0. The van der Waals surface area contributed by atoms with E-state index in [0.29, 0.717) is 63.6 Å². The number of carbonyl (C=O) groups excluding carboxylic acids is 3. The number of para-hydroxylation sites is 1. The highest BCUT2D eigenvalue weighted by Gasteiger charge is 2.54. The lowest BCUT2D eigenvalue weighted by atomic mass is 9.85. The van der Waals surface area contributed by atoms with Crippen LogP contribution in [0.3, 0.4) is 0 Å². The van der Waals surface area contributed by atoms with Crippen LogP contribution in [0.25, 0.3) is 0 Å². The Balaban J connectivity index is 1.19. The predicted molar refractivity (Wildman–Crippen MR) is 172 cm³/mol. The fourth-order valence-electron chi connectivity index (χ4n) is 6.93. The van der Waals surface area contributed by atoms with Gasteiger partial charge in [-0.2, -0.15) is 0 Å². The van der Waals surface area contributed by atoms with Crippen LogP contribution in [0, 0.1) is 0 Å². The van der Waals surface area contributed by atoms with Gasteiger partial charge in [0.05, 0.1) is 12.7 Å². The van der Waals surface area contributed by atoms with Gasteiger partial charge < -0.3 is 25.3 Å². The quantitative estimate of drug-likeness (QED) is 0.399. The molecule has 44 heavy (non-hydrogen) atoms. The standard InChI is InChI=1S/C35H40ClN5O3/c1-2-18-40-24-41(29-10-4-3-5-11-29)35(34(40)44)16-19-39(20-17-35)33(43)31(21-25-12-14-28(36)15-13-25)38-32(42)30-22-26-8-6-7-9-27(26)23-37-30/h3-15,30-31,37H,2,16-24H2,1H3,(H,38,42). The van der Waals surface area contributed by atoms with Crippen molar-refractivity contribution >= 4 is 35.0 Å². The molecule has 0 aromatic heterocycles. The van der Waals surface area contributed by atoms with Crippen LogP contribution in [0.4, 0.5) is 5.69 Å². The number of carbonyl (C=O) groups is 3. The summed E-state index contributed by atoms with van der Waals surface area (Å²) in [6, 6.07) is 24.4. The number of likely N-dealkylation sites (tertiary alicyclic amines) is 1. The molecule has 2 fully saturated rings. The Bertz CT molecular complexity index is 1490. The van der Waals surface area contributed by atoms with Gasteiger partial charge in [0.15, 0.2) is 0 Å². The summed E-state index contributed by atoms with van der Waals surface area (Å²) >= 11 is 6.13. The molecule has 1 spiro atoms. The summed E-state index contributed by atoms with van der Waals surface area (Å²) in [5.74, 6) is -0.164. The molecule has 2 N–H and O–H groups in total. The zero-order valence-electron chi connectivity index (χ0n) is 25.2. The highest BCUT2D eigenvalue weighted by Crippen LogP contribution is 2.39. The first-order valence-corrected chi connectivity index (χ1v) is 16.0. The molecule has 2 unspecified atom stereocenters. The van der Waals surface area contributed by atoms with Gasteiger partial charge >= 0.3 is 0 Å². The average Bonchev–Trinajstić information content (AvgIpc) is 3.32. The molecule has 2 atom stereocenters. The Morgan fingerprint density at radius 1 is 0.977 bits per heavy atom. The lowest BCUT2D eigenvalue weighted by molar-refractivity contribution is -0.141. The lowest BCUT2D eigenvalue weighted by Crippen LogP contribution is -2.60. The van der Waals surface area contributed by atoms with Crippen LogP contribution in [0.15, 0.2) is 78.9 Å². The van der Waals surface area contributed by atoms with Gasteiger partial charge in [0, 0.05) is 43.3 Å². The fourth-order valence-corrected chi connectivity index (χ4v) is 7.05. The molecule has 3 aromatic carbocycles. The monoisotopic (exact) mass is 613 g/mol. The number of hydrogen-bond acceptors (Lipinski definition) is 5. The number of nitrogens with one attached hydrogen (secondary N) is 2. The Kier molecular flexibility index (Phi) is 8.91. The molecule has 3 amide bonds. The van der Waals surface area contributed by atoms with E-state index in [1.165, 1.54) is 5.56 Å². The van der Waals surface area contributed by atoms with E-state index in [-0.39, 0.29) is 17.7 Å². The van der Waals surface area contributed by atoms with E-state index in [2.05, 4.69) is 46.7 Å². The minimum atomic E-state index is -0.738. The molecule has 3 aromatic rings. The van der Waals surface area contributed by atoms with Gasteiger partial charge in [-0.15, -0.1) is 0 Å². The molecular weight excluding hydrogens is 574 g/mol. The van der Waals surface area contributed by atoms with E-state index in [1.54, 1.807) is 12.1 Å². The molecule has 0 bridgehead atoms. The smallest absolute Gasteiger partial charge is 0.250 e. The number of benzene rings is 3. The number of anilines is 1. The molecule has 2 saturated heterocycles. The number of piperidine rings is 1. The number of hydrogen-bond donors (Lipinski definition) is 2. The molecule has 3 aliphatic rings. The third-order valence-corrected chi connectivity index (χ3v) is 9.60. The Morgan fingerprint density at radius 2 is 1.66 bits per heavy atom. The van der Waals surface area contributed by atoms with Crippen molar-refractivity contribution in [1.82, 2.24) is 20.4 Å². The van der Waals surface area contributed by atoms with Crippen LogP contribution >= 0.6 is 11.6 Å². The van der Waals surface area contributed by atoms with Gasteiger partial charge in [-0.1, -0.05) is 73.1 Å². The number of amides is 3. The van der Waals surface area contributed by atoms with Crippen molar-refractivity contribution in [3.05, 3.63) is 101 Å². The Labute approximate surface area is 264 Å². The molecule has 6 rings (SSSR count). The van der Waals surface area contributed by atoms with Crippen molar-refractivity contribution in [2.75, 3.05) is 31.2 Å². The third kappa shape index (κ3) is 6.06. The summed E-state index contributed by atoms with van der Waals surface area (Å²) in [4.78, 5) is 47.6. The van der Waals surface area contributed by atoms with Crippen molar-refractivity contribution in [3.8, 4) is 0 Å². The summed E-state index contributed by atoms with van der Waals surface area (Å²) < 4.78 is 0. The molecular formula is C35H40ClN5O3. The molecule has 8 nitrogen and oxygen atoms in total. The van der Waals surface area contributed by atoms with Crippen LogP contribution in [0.1, 0.15) is 42.9 Å². The molecule has 230 valence electrons. The van der Waals surface area contributed by atoms with Gasteiger partial charge in [-0.3, -0.25) is 14.4 Å². The highest BCUT2D eigenvalue weighted by molar-refractivity contribution is 6.30. The first-order chi connectivity index (χ1) is 21.4. The van der Waals surface area contributed by atoms with E-state index >= 15 is 0 Å². The zero-order valence-corrected chi connectivity index (χ0v) is 25.9. The minimum Gasteiger partial charge on any atom is -0.343 e. The molecule has 3 heterocycles. The van der Waals surface area contributed by atoms with Gasteiger partial charge in [-0.25, -0.2) is 0 Å². The summed E-state index contributed by atoms with van der Waals surface area (Å²) in [6.07, 6.45) is 2.89. The van der Waals surface area contributed by atoms with E-state index in [0.717, 1.165) is 23.2 Å². The van der Waals surface area contributed by atoms with Gasteiger partial charge in [0.2, 0.25) is 17.7 Å². The predicted octanol–water partition coefficient (Wildman–Crippen LogP) is 4.16. The molecule has 0 saturated carbocycles. The van der Waals surface area contributed by atoms with E-state index < -0.39 is 17.6 Å². The van der Waals surface area contributed by atoms with Gasteiger partial charge in [0.1, 0.15) is 11.6 Å². The van der Waals surface area contributed by atoms with E-state index in [1.807, 2.05) is 52.3 Å². The molecule has 0 aliphatic carbocycles. The first kappa shape index (κ1) is 30.2. The summed E-state index contributed by atoms with van der Waals surface area (Å²) in [5, 5.41) is 7.05. The second-order valence-electron chi connectivity index (χ2n) is 12.1. The summed E-state index contributed by atoms with van der Waals surface area (Å²) in [7, 11) is 0. The van der Waals surface area contributed by atoms with Gasteiger partial charge in [-0.05, 0) is 66.6 Å². The van der Waals surface area contributed by atoms with Crippen molar-refractivity contribution in [1.29, 1.82) is 0 Å². The minimum absolute atomic E-state index is 0.124. The number of fused-ring (bicyclic) bond motifs is 1. The van der Waals surface area contributed by atoms with Crippen LogP contribution in [0.2, 0.25) is 5.02 Å². The SMILES string of the molecule is CCCN1CN(c2ccccc2)C2(CCN(C(=O)C(Cc3ccc(Cl)cc3)NC(=O)C3Cc4ccccc4CN3)CC2)C1=O. The van der Waals surface area contributed by atoms with Crippen molar-refractivity contribution in [3.63, 3.8) is 0 Å². The average molecular weight is 614 g/mol. The maximum Gasteiger partial charge on any atom is 0.250 e. The zero-order chi connectivity index (χ0) is 30.7. The maximum atomic E-state index is 14.1. The summed E-state index contributed by atoms with van der Waals surface area (Å²) in [5.41, 5.74) is 3.60.